The molecule has 1 amide bonds. The van der Waals surface area contributed by atoms with E-state index in [4.69, 9.17) is 9.47 Å². The standard InChI is InChI=1S/C20H18F3NO5/c1-12(25)14-3-9-17(10-4-14)28-11-18(26)29-13(2)19(27)24-16-7-5-15(6-8-16)20(21,22)23/h3-10,13H,11H2,1-2H3,(H,24,27)/t13-/m0/s1. The van der Waals surface area contributed by atoms with Gasteiger partial charge in [0.15, 0.2) is 18.5 Å². The summed E-state index contributed by atoms with van der Waals surface area (Å²) in [5.74, 6) is -1.28. The van der Waals surface area contributed by atoms with Gasteiger partial charge in [-0.3, -0.25) is 9.59 Å². The van der Waals surface area contributed by atoms with Crippen molar-refractivity contribution < 1.29 is 37.0 Å². The quantitative estimate of drug-likeness (QED) is 0.555. The minimum atomic E-state index is -4.47. The fourth-order valence-electron chi connectivity index (χ4n) is 2.20. The molecule has 0 bridgehead atoms. The van der Waals surface area contributed by atoms with E-state index in [2.05, 4.69) is 5.32 Å². The highest BCUT2D eigenvalue weighted by Gasteiger charge is 2.30. The van der Waals surface area contributed by atoms with Crippen molar-refractivity contribution in [1.29, 1.82) is 0 Å². The summed E-state index contributed by atoms with van der Waals surface area (Å²) in [5, 5.41) is 2.36. The number of carbonyl (C=O) groups excluding carboxylic acids is 3. The lowest BCUT2D eigenvalue weighted by molar-refractivity contribution is -0.155. The Balaban J connectivity index is 1.82. The zero-order chi connectivity index (χ0) is 21.6. The van der Waals surface area contributed by atoms with Crippen LogP contribution in [-0.2, 0) is 20.5 Å². The van der Waals surface area contributed by atoms with Gasteiger partial charge in [-0.25, -0.2) is 4.79 Å². The van der Waals surface area contributed by atoms with E-state index in [-0.39, 0.29) is 11.5 Å². The van der Waals surface area contributed by atoms with Gasteiger partial charge in [-0.2, -0.15) is 13.2 Å². The first-order chi connectivity index (χ1) is 13.6. The van der Waals surface area contributed by atoms with Crippen LogP contribution in [0.1, 0.15) is 29.8 Å². The Morgan fingerprint density at radius 3 is 2.10 bits per heavy atom. The molecule has 0 saturated carbocycles. The van der Waals surface area contributed by atoms with E-state index in [1.807, 2.05) is 0 Å². The van der Waals surface area contributed by atoms with Crippen LogP contribution in [0, 0.1) is 0 Å². The predicted octanol–water partition coefficient (Wildman–Crippen LogP) is 3.86. The average molecular weight is 409 g/mol. The second-order valence-electron chi connectivity index (χ2n) is 6.07. The lowest BCUT2D eigenvalue weighted by Crippen LogP contribution is -2.31. The van der Waals surface area contributed by atoms with Crippen LogP contribution in [0.25, 0.3) is 0 Å². The lowest BCUT2D eigenvalue weighted by atomic mass is 10.1. The monoisotopic (exact) mass is 409 g/mol. The number of nitrogens with one attached hydrogen (secondary N) is 1. The normalized spacial score (nSPS) is 12.0. The van der Waals surface area contributed by atoms with Crippen molar-refractivity contribution in [2.45, 2.75) is 26.1 Å². The third kappa shape index (κ3) is 6.63. The molecule has 0 aliphatic rings. The number of hydrogen-bond acceptors (Lipinski definition) is 5. The van der Waals surface area contributed by atoms with E-state index in [1.165, 1.54) is 26.0 Å². The molecule has 0 saturated heterocycles. The number of amides is 1. The first-order valence-electron chi connectivity index (χ1n) is 8.47. The minimum Gasteiger partial charge on any atom is -0.482 e. The largest absolute Gasteiger partial charge is 0.482 e. The van der Waals surface area contributed by atoms with E-state index < -0.39 is 36.3 Å². The number of hydrogen-bond donors (Lipinski definition) is 1. The molecule has 0 heterocycles. The van der Waals surface area contributed by atoms with Gasteiger partial charge in [-0.15, -0.1) is 0 Å². The maximum absolute atomic E-state index is 12.5. The van der Waals surface area contributed by atoms with Crippen molar-refractivity contribution in [3.8, 4) is 5.75 Å². The highest BCUT2D eigenvalue weighted by atomic mass is 19.4. The highest BCUT2D eigenvalue weighted by molar-refractivity contribution is 5.95. The van der Waals surface area contributed by atoms with Gasteiger partial charge in [0.2, 0.25) is 0 Å². The molecule has 2 aromatic rings. The van der Waals surface area contributed by atoms with Crippen LogP contribution in [0.3, 0.4) is 0 Å². The highest BCUT2D eigenvalue weighted by Crippen LogP contribution is 2.29. The van der Waals surface area contributed by atoms with E-state index in [9.17, 15) is 27.6 Å². The van der Waals surface area contributed by atoms with Crippen molar-refractivity contribution in [3.63, 3.8) is 0 Å². The summed E-state index contributed by atoms with van der Waals surface area (Å²) in [6.07, 6.45) is -5.66. The molecule has 0 aromatic heterocycles. The Morgan fingerprint density at radius 2 is 1.59 bits per heavy atom. The number of Topliss-reactive ketones (excluding diaryl/α,β-unsaturated/α-hetero) is 1. The van der Waals surface area contributed by atoms with Crippen LogP contribution in [0.5, 0.6) is 5.75 Å². The first-order valence-corrected chi connectivity index (χ1v) is 8.47. The van der Waals surface area contributed by atoms with E-state index in [1.54, 1.807) is 12.1 Å². The van der Waals surface area contributed by atoms with Crippen molar-refractivity contribution in [2.24, 2.45) is 0 Å². The molecule has 0 aliphatic heterocycles. The Morgan fingerprint density at radius 1 is 1.00 bits per heavy atom. The van der Waals surface area contributed by atoms with E-state index in [0.29, 0.717) is 11.3 Å². The molecule has 9 heteroatoms. The van der Waals surface area contributed by atoms with Crippen LogP contribution in [0.2, 0.25) is 0 Å². The topological polar surface area (TPSA) is 81.7 Å². The minimum absolute atomic E-state index is 0.108. The van der Waals surface area contributed by atoms with Gasteiger partial charge in [-0.05, 0) is 62.4 Å². The fourth-order valence-corrected chi connectivity index (χ4v) is 2.20. The van der Waals surface area contributed by atoms with E-state index in [0.717, 1.165) is 24.3 Å². The SMILES string of the molecule is CC(=O)c1ccc(OCC(=O)O[C@@H](C)C(=O)Nc2ccc(C(F)(F)F)cc2)cc1. The van der Waals surface area contributed by atoms with Gasteiger partial charge in [-0.1, -0.05) is 0 Å². The van der Waals surface area contributed by atoms with Crippen LogP contribution < -0.4 is 10.1 Å². The van der Waals surface area contributed by atoms with Crippen LogP contribution in [0.4, 0.5) is 18.9 Å². The van der Waals surface area contributed by atoms with Crippen LogP contribution in [-0.4, -0.2) is 30.4 Å². The van der Waals surface area contributed by atoms with Crippen molar-refractivity contribution in [3.05, 3.63) is 59.7 Å². The molecular weight excluding hydrogens is 391 g/mol. The molecule has 29 heavy (non-hydrogen) atoms. The summed E-state index contributed by atoms with van der Waals surface area (Å²) in [6, 6.07) is 9.99. The molecule has 154 valence electrons. The zero-order valence-corrected chi connectivity index (χ0v) is 15.6. The van der Waals surface area contributed by atoms with Crippen molar-refractivity contribution in [1.82, 2.24) is 0 Å². The Kier molecular flexibility index (Phi) is 6.98. The van der Waals surface area contributed by atoms with Gasteiger partial charge in [0, 0.05) is 11.3 Å². The molecule has 0 fully saturated rings. The lowest BCUT2D eigenvalue weighted by Gasteiger charge is -2.14. The second kappa shape index (κ2) is 9.22. The molecule has 1 atom stereocenters. The fraction of sp³-hybridized carbons (Fsp3) is 0.250. The predicted molar refractivity (Wildman–Crippen MR) is 97.6 cm³/mol. The van der Waals surface area contributed by atoms with Crippen LogP contribution >= 0.6 is 0 Å². The third-order valence-electron chi connectivity index (χ3n) is 3.77. The van der Waals surface area contributed by atoms with E-state index >= 15 is 0 Å². The van der Waals surface area contributed by atoms with Gasteiger partial charge < -0.3 is 14.8 Å². The number of alkyl halides is 3. The molecule has 2 rings (SSSR count). The number of esters is 1. The zero-order valence-electron chi connectivity index (χ0n) is 15.6. The molecule has 0 radical (unpaired) electrons. The number of halogens is 3. The molecule has 0 unspecified atom stereocenters. The summed E-state index contributed by atoms with van der Waals surface area (Å²) >= 11 is 0. The van der Waals surface area contributed by atoms with Gasteiger partial charge in [0.25, 0.3) is 5.91 Å². The third-order valence-corrected chi connectivity index (χ3v) is 3.77. The molecule has 0 spiro atoms. The number of ether oxygens (including phenoxy) is 2. The smallest absolute Gasteiger partial charge is 0.416 e. The maximum Gasteiger partial charge on any atom is 0.416 e. The maximum atomic E-state index is 12.5. The molecule has 2 aromatic carbocycles. The molecular formula is C20H18F3NO5. The Hall–Kier alpha value is -3.36. The summed E-state index contributed by atoms with van der Waals surface area (Å²) < 4.78 is 47.8. The van der Waals surface area contributed by atoms with Crippen LogP contribution in [0.15, 0.2) is 48.5 Å². The number of anilines is 1. The Bertz CT molecular complexity index is 876. The van der Waals surface area contributed by atoms with Gasteiger partial charge in [0.1, 0.15) is 5.75 Å². The summed E-state index contributed by atoms with van der Waals surface area (Å²) in [7, 11) is 0. The first kappa shape index (κ1) is 21.9. The van der Waals surface area contributed by atoms with Crippen molar-refractivity contribution in [2.75, 3.05) is 11.9 Å². The Labute approximate surface area is 164 Å². The number of carbonyl (C=O) groups is 3. The number of rotatable bonds is 7. The summed E-state index contributed by atoms with van der Waals surface area (Å²) in [4.78, 5) is 35.0. The molecule has 0 aliphatic carbocycles. The summed E-state index contributed by atoms with van der Waals surface area (Å²) in [6.45, 7) is 2.28. The summed E-state index contributed by atoms with van der Waals surface area (Å²) in [5.41, 5.74) is -0.218. The van der Waals surface area contributed by atoms with Gasteiger partial charge >= 0.3 is 12.1 Å². The molecule has 1 N–H and O–H groups in total. The average Bonchev–Trinajstić information content (AvgIpc) is 2.66. The number of benzene rings is 2. The second-order valence-corrected chi connectivity index (χ2v) is 6.07. The van der Waals surface area contributed by atoms with Crippen molar-refractivity contribution >= 4 is 23.3 Å². The molecule has 6 nitrogen and oxygen atoms in total. The number of ketones is 1. The van der Waals surface area contributed by atoms with Gasteiger partial charge in [0.05, 0.1) is 5.56 Å².